The molecule has 1 N–H and O–H groups in total. The molecule has 7 heteroatoms. The third-order valence-corrected chi connectivity index (χ3v) is 3.74. The first-order chi connectivity index (χ1) is 9.70. The van der Waals surface area contributed by atoms with Crippen LogP contribution in [-0.4, -0.2) is 29.1 Å². The smallest absolute Gasteiger partial charge is 0.179 e. The number of aromatic nitrogens is 6. The molecule has 0 aliphatic carbocycles. The van der Waals surface area contributed by atoms with E-state index >= 15 is 0 Å². The van der Waals surface area contributed by atoms with E-state index in [1.807, 2.05) is 28.7 Å². The number of H-pyrrole nitrogens is 1. The lowest BCUT2D eigenvalue weighted by molar-refractivity contribution is 0.530. The molecule has 3 aromatic heterocycles. The Morgan fingerprint density at radius 3 is 2.90 bits per heavy atom. The summed E-state index contributed by atoms with van der Waals surface area (Å²) in [6, 6.07) is 1.93. The molecule has 6 nitrogen and oxygen atoms in total. The molecule has 106 valence electrons. The van der Waals surface area contributed by atoms with Crippen molar-refractivity contribution in [1.29, 1.82) is 0 Å². The Kier molecular flexibility index (Phi) is 3.43. The Morgan fingerprint density at radius 1 is 1.35 bits per heavy atom. The van der Waals surface area contributed by atoms with Gasteiger partial charge in [-0.15, -0.1) is 0 Å². The molecule has 0 unspecified atom stereocenters. The van der Waals surface area contributed by atoms with Crippen molar-refractivity contribution in [2.75, 3.05) is 0 Å². The maximum atomic E-state index is 5.44. The van der Waals surface area contributed by atoms with Gasteiger partial charge in [-0.1, -0.05) is 13.3 Å². The minimum atomic E-state index is 0.748. The summed E-state index contributed by atoms with van der Waals surface area (Å²) in [5, 5.41) is 8.80. The first-order valence-corrected chi connectivity index (χ1v) is 7.23. The van der Waals surface area contributed by atoms with E-state index in [4.69, 9.17) is 12.2 Å². The standard InChI is InChI=1S/C13H18N6S/c1-3-5-10-11-12(17(2)16-10)19(13(20)15-11)9-8-18-7-4-6-14-18/h4,6-7H,3,5,8-9H2,1-2H3,(H,15,20). The fraction of sp³-hybridized carbons (Fsp3) is 0.462. The summed E-state index contributed by atoms with van der Waals surface area (Å²) in [5.41, 5.74) is 3.22. The fourth-order valence-corrected chi connectivity index (χ4v) is 2.81. The zero-order valence-corrected chi connectivity index (χ0v) is 12.5. The van der Waals surface area contributed by atoms with Crippen molar-refractivity contribution in [2.45, 2.75) is 32.9 Å². The normalized spacial score (nSPS) is 11.5. The second-order valence-corrected chi connectivity index (χ2v) is 5.26. The first kappa shape index (κ1) is 13.1. The van der Waals surface area contributed by atoms with Crippen LogP contribution >= 0.6 is 12.2 Å². The molecule has 3 rings (SSSR count). The number of nitrogens with zero attached hydrogens (tertiary/aromatic N) is 5. The van der Waals surface area contributed by atoms with E-state index in [-0.39, 0.29) is 0 Å². The number of aryl methyl sites for hydroxylation is 4. The van der Waals surface area contributed by atoms with Crippen LogP contribution in [0.2, 0.25) is 0 Å². The minimum absolute atomic E-state index is 0.748. The van der Waals surface area contributed by atoms with Crippen LogP contribution in [0, 0.1) is 4.77 Å². The van der Waals surface area contributed by atoms with Crippen molar-refractivity contribution in [3.63, 3.8) is 0 Å². The van der Waals surface area contributed by atoms with Gasteiger partial charge in [0.05, 0.1) is 12.2 Å². The van der Waals surface area contributed by atoms with Gasteiger partial charge in [-0.05, 0) is 24.7 Å². The van der Waals surface area contributed by atoms with Gasteiger partial charge in [0.1, 0.15) is 5.52 Å². The lowest BCUT2D eigenvalue weighted by Gasteiger charge is -2.05. The topological polar surface area (TPSA) is 56.4 Å². The lowest BCUT2D eigenvalue weighted by Crippen LogP contribution is -2.09. The molecule has 0 fully saturated rings. The average molecular weight is 290 g/mol. The molecule has 3 aromatic rings. The molecular weight excluding hydrogens is 272 g/mol. The fourth-order valence-electron chi connectivity index (χ4n) is 2.53. The van der Waals surface area contributed by atoms with Crippen LogP contribution in [0.4, 0.5) is 0 Å². The maximum Gasteiger partial charge on any atom is 0.179 e. The number of hydrogen-bond donors (Lipinski definition) is 1. The zero-order chi connectivity index (χ0) is 14.1. The van der Waals surface area contributed by atoms with E-state index < -0.39 is 0 Å². The lowest BCUT2D eigenvalue weighted by atomic mass is 10.2. The Hall–Kier alpha value is -1.89. The second-order valence-electron chi connectivity index (χ2n) is 4.87. The third kappa shape index (κ3) is 2.18. The first-order valence-electron chi connectivity index (χ1n) is 6.82. The van der Waals surface area contributed by atoms with Crippen LogP contribution in [-0.2, 0) is 26.6 Å². The molecule has 0 aliphatic heterocycles. The molecule has 0 spiro atoms. The molecule has 0 saturated carbocycles. The van der Waals surface area contributed by atoms with Gasteiger partial charge >= 0.3 is 0 Å². The SMILES string of the molecule is CCCc1nn(C)c2c1[nH]c(=S)n2CCn1cccn1. The molecule has 20 heavy (non-hydrogen) atoms. The van der Waals surface area contributed by atoms with Crippen molar-refractivity contribution < 1.29 is 0 Å². The number of aromatic amines is 1. The van der Waals surface area contributed by atoms with Gasteiger partial charge in [0.2, 0.25) is 0 Å². The van der Waals surface area contributed by atoms with Gasteiger partial charge in [-0.2, -0.15) is 10.2 Å². The molecule has 0 amide bonds. The van der Waals surface area contributed by atoms with Gasteiger partial charge in [0.25, 0.3) is 0 Å². The monoisotopic (exact) mass is 290 g/mol. The number of rotatable bonds is 5. The van der Waals surface area contributed by atoms with E-state index in [2.05, 4.69) is 26.7 Å². The molecule has 3 heterocycles. The van der Waals surface area contributed by atoms with Crippen LogP contribution in [0.15, 0.2) is 18.5 Å². The van der Waals surface area contributed by atoms with Crippen molar-refractivity contribution in [3.05, 3.63) is 28.9 Å². The molecule has 0 saturated heterocycles. The molecular formula is C13H18N6S. The summed E-state index contributed by atoms with van der Waals surface area (Å²) in [6.45, 7) is 3.73. The molecule has 0 aliphatic rings. The van der Waals surface area contributed by atoms with Gasteiger partial charge in [-0.25, -0.2) is 0 Å². The van der Waals surface area contributed by atoms with Gasteiger partial charge in [-0.3, -0.25) is 13.9 Å². The molecule has 0 aromatic carbocycles. The number of hydrogen-bond acceptors (Lipinski definition) is 3. The highest BCUT2D eigenvalue weighted by Crippen LogP contribution is 2.19. The van der Waals surface area contributed by atoms with Crippen molar-refractivity contribution in [1.82, 2.24) is 29.1 Å². The van der Waals surface area contributed by atoms with Gasteiger partial charge < -0.3 is 4.98 Å². The van der Waals surface area contributed by atoms with Gasteiger partial charge in [0.15, 0.2) is 10.4 Å². The Morgan fingerprint density at radius 2 is 2.20 bits per heavy atom. The highest BCUT2D eigenvalue weighted by atomic mass is 32.1. The van der Waals surface area contributed by atoms with E-state index in [9.17, 15) is 0 Å². The summed E-state index contributed by atoms with van der Waals surface area (Å²) in [4.78, 5) is 3.30. The van der Waals surface area contributed by atoms with E-state index in [0.29, 0.717) is 0 Å². The Labute approximate surface area is 122 Å². The van der Waals surface area contributed by atoms with Crippen LogP contribution < -0.4 is 0 Å². The number of fused-ring (bicyclic) bond motifs is 1. The molecule has 0 radical (unpaired) electrons. The number of nitrogens with one attached hydrogen (secondary N) is 1. The van der Waals surface area contributed by atoms with Crippen molar-refractivity contribution >= 4 is 23.4 Å². The van der Waals surface area contributed by atoms with Crippen LogP contribution in [0.25, 0.3) is 11.2 Å². The van der Waals surface area contributed by atoms with Crippen LogP contribution in [0.3, 0.4) is 0 Å². The van der Waals surface area contributed by atoms with E-state index in [1.54, 1.807) is 6.20 Å². The van der Waals surface area contributed by atoms with Gasteiger partial charge in [0, 0.05) is 26.0 Å². The number of imidazole rings is 1. The highest BCUT2D eigenvalue weighted by Gasteiger charge is 2.14. The van der Waals surface area contributed by atoms with Crippen LogP contribution in [0.5, 0.6) is 0 Å². The summed E-state index contributed by atoms with van der Waals surface area (Å²) in [5.74, 6) is 0. The summed E-state index contributed by atoms with van der Waals surface area (Å²) >= 11 is 5.44. The second kappa shape index (κ2) is 5.24. The summed E-state index contributed by atoms with van der Waals surface area (Å²) in [7, 11) is 1.97. The Balaban J connectivity index is 1.98. The van der Waals surface area contributed by atoms with Crippen molar-refractivity contribution in [2.24, 2.45) is 7.05 Å². The van der Waals surface area contributed by atoms with E-state index in [0.717, 1.165) is 47.6 Å². The zero-order valence-electron chi connectivity index (χ0n) is 11.7. The van der Waals surface area contributed by atoms with E-state index in [1.165, 1.54) is 0 Å². The third-order valence-electron chi connectivity index (χ3n) is 3.42. The largest absolute Gasteiger partial charge is 0.328 e. The Bertz CT molecular complexity index is 761. The predicted octanol–water partition coefficient (Wildman–Crippen LogP) is 2.28. The summed E-state index contributed by atoms with van der Waals surface area (Å²) in [6.07, 6.45) is 5.78. The highest BCUT2D eigenvalue weighted by molar-refractivity contribution is 7.71. The average Bonchev–Trinajstić information content (AvgIpc) is 3.08. The molecule has 0 atom stereocenters. The summed E-state index contributed by atoms with van der Waals surface area (Å²) < 4.78 is 6.66. The van der Waals surface area contributed by atoms with Crippen LogP contribution in [0.1, 0.15) is 19.0 Å². The molecule has 0 bridgehead atoms. The van der Waals surface area contributed by atoms with Crippen molar-refractivity contribution in [3.8, 4) is 0 Å². The maximum absolute atomic E-state index is 5.44. The minimum Gasteiger partial charge on any atom is -0.328 e. The predicted molar refractivity (Wildman–Crippen MR) is 80.1 cm³/mol. The quantitative estimate of drug-likeness (QED) is 0.733.